The third-order valence-electron chi connectivity index (χ3n) is 3.63. The van der Waals surface area contributed by atoms with Gasteiger partial charge in [-0.15, -0.1) is 0 Å². The maximum Gasteiger partial charge on any atom is 0.0230 e. The van der Waals surface area contributed by atoms with Gasteiger partial charge in [0.1, 0.15) is 0 Å². The molecule has 1 N–H and O–H groups in total. The van der Waals surface area contributed by atoms with Gasteiger partial charge in [0.05, 0.1) is 0 Å². The van der Waals surface area contributed by atoms with Crippen molar-refractivity contribution >= 4 is 0 Å². The Balaban J connectivity index is 1.86. The molecule has 17 heavy (non-hydrogen) atoms. The predicted molar refractivity (Wildman–Crippen MR) is 73.0 cm³/mol. The summed E-state index contributed by atoms with van der Waals surface area (Å²) in [6.07, 6.45) is 2.66. The summed E-state index contributed by atoms with van der Waals surface area (Å²) >= 11 is 0. The molecule has 1 atom stereocenters. The van der Waals surface area contributed by atoms with Gasteiger partial charge in [0.15, 0.2) is 0 Å². The summed E-state index contributed by atoms with van der Waals surface area (Å²) in [6.45, 7) is 6.98. The lowest BCUT2D eigenvalue weighted by atomic mass is 9.82. The van der Waals surface area contributed by atoms with E-state index < -0.39 is 0 Å². The molecule has 0 bridgehead atoms. The molecule has 0 radical (unpaired) electrons. The standard InChI is InChI=1S/C15H24N2/c1-15(9-6-10-16-12-15)13-17(2)11-14-7-4-3-5-8-14/h3-5,7-8,16H,6,9-13H2,1-2H3. The summed E-state index contributed by atoms with van der Waals surface area (Å²) < 4.78 is 0. The molecule has 1 aromatic rings. The van der Waals surface area contributed by atoms with E-state index in [9.17, 15) is 0 Å². The molecule has 0 saturated carbocycles. The van der Waals surface area contributed by atoms with Gasteiger partial charge in [-0.2, -0.15) is 0 Å². The number of benzene rings is 1. The van der Waals surface area contributed by atoms with Crippen molar-refractivity contribution in [2.24, 2.45) is 5.41 Å². The zero-order valence-electron chi connectivity index (χ0n) is 11.1. The Bertz CT molecular complexity index is 328. The number of nitrogens with zero attached hydrogens (tertiary/aromatic N) is 1. The Morgan fingerprint density at radius 1 is 1.29 bits per heavy atom. The molecule has 1 aliphatic rings. The van der Waals surface area contributed by atoms with Crippen LogP contribution in [0.5, 0.6) is 0 Å². The van der Waals surface area contributed by atoms with Crippen molar-refractivity contribution in [2.75, 3.05) is 26.7 Å². The van der Waals surface area contributed by atoms with Gasteiger partial charge in [0.2, 0.25) is 0 Å². The summed E-state index contributed by atoms with van der Waals surface area (Å²) in [5.41, 5.74) is 1.85. The Labute approximate surface area is 105 Å². The van der Waals surface area contributed by atoms with Crippen molar-refractivity contribution in [3.63, 3.8) is 0 Å². The van der Waals surface area contributed by atoms with E-state index in [1.807, 2.05) is 0 Å². The van der Waals surface area contributed by atoms with Crippen molar-refractivity contribution in [3.05, 3.63) is 35.9 Å². The lowest BCUT2D eigenvalue weighted by Crippen LogP contribution is -2.44. The van der Waals surface area contributed by atoms with Gasteiger partial charge < -0.3 is 10.2 Å². The molecule has 1 saturated heterocycles. The second kappa shape index (κ2) is 5.65. The lowest BCUT2D eigenvalue weighted by Gasteiger charge is -2.37. The molecule has 1 fully saturated rings. The number of rotatable bonds is 4. The van der Waals surface area contributed by atoms with Crippen molar-refractivity contribution in [1.82, 2.24) is 10.2 Å². The topological polar surface area (TPSA) is 15.3 Å². The van der Waals surface area contributed by atoms with E-state index in [0.29, 0.717) is 5.41 Å². The van der Waals surface area contributed by atoms with E-state index >= 15 is 0 Å². The number of nitrogens with one attached hydrogen (secondary N) is 1. The first-order valence-corrected chi connectivity index (χ1v) is 6.61. The molecule has 0 amide bonds. The van der Waals surface area contributed by atoms with Crippen molar-refractivity contribution < 1.29 is 0 Å². The van der Waals surface area contributed by atoms with Gasteiger partial charge in [0, 0.05) is 19.6 Å². The fraction of sp³-hybridized carbons (Fsp3) is 0.600. The average Bonchev–Trinajstić information content (AvgIpc) is 2.30. The van der Waals surface area contributed by atoms with Crippen LogP contribution < -0.4 is 5.32 Å². The van der Waals surface area contributed by atoms with Crippen LogP contribution in [0.15, 0.2) is 30.3 Å². The van der Waals surface area contributed by atoms with Crippen LogP contribution >= 0.6 is 0 Å². The molecule has 1 aromatic carbocycles. The summed E-state index contributed by atoms with van der Waals surface area (Å²) in [5, 5.41) is 3.52. The average molecular weight is 232 g/mol. The fourth-order valence-corrected chi connectivity index (χ4v) is 2.86. The zero-order valence-corrected chi connectivity index (χ0v) is 11.1. The van der Waals surface area contributed by atoms with Crippen LogP contribution in [0.2, 0.25) is 0 Å². The van der Waals surface area contributed by atoms with E-state index in [1.54, 1.807) is 0 Å². The summed E-state index contributed by atoms with van der Waals surface area (Å²) in [5.74, 6) is 0. The summed E-state index contributed by atoms with van der Waals surface area (Å²) in [4.78, 5) is 2.45. The molecule has 2 nitrogen and oxygen atoms in total. The van der Waals surface area contributed by atoms with Crippen LogP contribution in [0.1, 0.15) is 25.3 Å². The smallest absolute Gasteiger partial charge is 0.0230 e. The highest BCUT2D eigenvalue weighted by atomic mass is 15.1. The number of hydrogen-bond acceptors (Lipinski definition) is 2. The van der Waals surface area contributed by atoms with Gasteiger partial charge in [-0.25, -0.2) is 0 Å². The first-order valence-electron chi connectivity index (χ1n) is 6.61. The fourth-order valence-electron chi connectivity index (χ4n) is 2.86. The van der Waals surface area contributed by atoms with E-state index in [2.05, 4.69) is 54.5 Å². The highest BCUT2D eigenvalue weighted by molar-refractivity contribution is 5.14. The summed E-state index contributed by atoms with van der Waals surface area (Å²) in [7, 11) is 2.23. The SMILES string of the molecule is CN(Cc1ccccc1)CC1(C)CCCNC1. The highest BCUT2D eigenvalue weighted by Gasteiger charge is 2.27. The van der Waals surface area contributed by atoms with Gasteiger partial charge in [-0.05, 0) is 37.4 Å². The largest absolute Gasteiger partial charge is 0.316 e. The Kier molecular flexibility index (Phi) is 4.19. The van der Waals surface area contributed by atoms with Crippen LogP contribution in [-0.2, 0) is 6.54 Å². The van der Waals surface area contributed by atoms with E-state index in [0.717, 1.165) is 13.1 Å². The molecule has 1 aliphatic heterocycles. The van der Waals surface area contributed by atoms with Crippen LogP contribution in [0, 0.1) is 5.41 Å². The first-order chi connectivity index (χ1) is 8.18. The summed E-state index contributed by atoms with van der Waals surface area (Å²) in [6, 6.07) is 10.7. The Morgan fingerprint density at radius 2 is 2.06 bits per heavy atom. The molecule has 94 valence electrons. The zero-order chi connectivity index (χ0) is 12.1. The van der Waals surface area contributed by atoms with Crippen LogP contribution in [0.25, 0.3) is 0 Å². The predicted octanol–water partition coefficient (Wildman–Crippen LogP) is 2.51. The quantitative estimate of drug-likeness (QED) is 0.858. The molecule has 0 aliphatic carbocycles. The molecule has 2 heteroatoms. The monoisotopic (exact) mass is 232 g/mol. The van der Waals surface area contributed by atoms with Gasteiger partial charge in [0.25, 0.3) is 0 Å². The number of piperidine rings is 1. The van der Waals surface area contributed by atoms with Crippen molar-refractivity contribution in [1.29, 1.82) is 0 Å². The normalized spacial score (nSPS) is 25.1. The molecular weight excluding hydrogens is 208 g/mol. The van der Waals surface area contributed by atoms with Crippen LogP contribution in [0.3, 0.4) is 0 Å². The maximum absolute atomic E-state index is 3.52. The van der Waals surface area contributed by atoms with E-state index in [4.69, 9.17) is 0 Å². The molecule has 0 aromatic heterocycles. The molecule has 1 unspecified atom stereocenters. The minimum Gasteiger partial charge on any atom is -0.316 e. The van der Waals surface area contributed by atoms with Gasteiger partial charge >= 0.3 is 0 Å². The third kappa shape index (κ3) is 3.83. The first kappa shape index (κ1) is 12.6. The molecule has 2 rings (SSSR count). The molecule has 1 heterocycles. The highest BCUT2D eigenvalue weighted by Crippen LogP contribution is 2.26. The molecular formula is C15H24N2. The Morgan fingerprint density at radius 3 is 2.71 bits per heavy atom. The lowest BCUT2D eigenvalue weighted by molar-refractivity contribution is 0.148. The van der Waals surface area contributed by atoms with Crippen LogP contribution in [-0.4, -0.2) is 31.6 Å². The van der Waals surface area contributed by atoms with E-state index in [1.165, 1.54) is 31.5 Å². The van der Waals surface area contributed by atoms with E-state index in [-0.39, 0.29) is 0 Å². The van der Waals surface area contributed by atoms with Gasteiger partial charge in [-0.3, -0.25) is 0 Å². The minimum atomic E-state index is 0.446. The minimum absolute atomic E-state index is 0.446. The second-order valence-corrected chi connectivity index (χ2v) is 5.75. The second-order valence-electron chi connectivity index (χ2n) is 5.75. The Hall–Kier alpha value is -0.860. The molecule has 0 spiro atoms. The maximum atomic E-state index is 3.52. The van der Waals surface area contributed by atoms with Crippen molar-refractivity contribution in [3.8, 4) is 0 Å². The third-order valence-corrected chi connectivity index (χ3v) is 3.63. The number of hydrogen-bond donors (Lipinski definition) is 1. The van der Waals surface area contributed by atoms with Gasteiger partial charge in [-0.1, -0.05) is 37.3 Å². The van der Waals surface area contributed by atoms with Crippen LogP contribution in [0.4, 0.5) is 0 Å². The van der Waals surface area contributed by atoms with Crippen molar-refractivity contribution in [2.45, 2.75) is 26.3 Å².